The molecule has 0 radical (unpaired) electrons. The summed E-state index contributed by atoms with van der Waals surface area (Å²) in [5.74, 6) is 1.26. The Morgan fingerprint density at radius 1 is 1.10 bits per heavy atom. The number of ether oxygens (including phenoxy) is 1. The van der Waals surface area contributed by atoms with Crippen molar-refractivity contribution >= 4 is 23.6 Å². The van der Waals surface area contributed by atoms with Crippen LogP contribution in [0.1, 0.15) is 31.9 Å². The number of nitrogens with zero attached hydrogens (tertiary/aromatic N) is 1. The highest BCUT2D eigenvalue weighted by atomic mass is 32.2. The minimum atomic E-state index is -0.608. The fraction of sp³-hybridized carbons (Fsp3) is 0.417. The van der Waals surface area contributed by atoms with Crippen molar-refractivity contribution in [2.75, 3.05) is 19.4 Å². The van der Waals surface area contributed by atoms with Gasteiger partial charge in [-0.3, -0.25) is 9.59 Å². The lowest BCUT2D eigenvalue weighted by Gasteiger charge is -2.29. The van der Waals surface area contributed by atoms with Crippen LogP contribution in [0.2, 0.25) is 0 Å². The van der Waals surface area contributed by atoms with Crippen molar-refractivity contribution in [1.29, 1.82) is 0 Å². The van der Waals surface area contributed by atoms with E-state index in [0.717, 1.165) is 11.1 Å². The molecule has 2 rings (SSSR count). The van der Waals surface area contributed by atoms with E-state index < -0.39 is 6.04 Å². The monoisotopic (exact) mass is 446 g/mol. The Kier molecular flexibility index (Phi) is 9.85. The number of hydrogen-bond donors (Lipinski definition) is 1. The summed E-state index contributed by atoms with van der Waals surface area (Å²) in [4.78, 5) is 27.3. The number of carbonyl (C=O) groups excluding carboxylic acids is 2. The third kappa shape index (κ3) is 8.25. The molecule has 168 valence electrons. The predicted molar refractivity (Wildman–Crippen MR) is 123 cm³/mol. The van der Waals surface area contributed by atoms with Gasteiger partial charge in [0, 0.05) is 18.8 Å². The average Bonchev–Trinajstić information content (AvgIpc) is 2.76. The number of carbonyl (C=O) groups is 2. The van der Waals surface area contributed by atoms with Gasteiger partial charge >= 0.3 is 0 Å². The molecule has 0 spiro atoms. The SMILES string of the molecule is COc1cccc(CN(C(=O)CSCc2ccc(F)cc2)C(C)C(=O)NCC(C)C)c1. The molecule has 0 bridgehead atoms. The van der Waals surface area contributed by atoms with Gasteiger partial charge in [-0.1, -0.05) is 38.1 Å². The van der Waals surface area contributed by atoms with Gasteiger partial charge in [-0.15, -0.1) is 11.8 Å². The molecule has 0 aromatic heterocycles. The molecule has 2 aromatic rings. The van der Waals surface area contributed by atoms with Crippen LogP contribution in [0, 0.1) is 11.7 Å². The number of hydrogen-bond acceptors (Lipinski definition) is 4. The Balaban J connectivity index is 2.07. The zero-order chi connectivity index (χ0) is 22.8. The number of rotatable bonds is 11. The van der Waals surface area contributed by atoms with Crippen molar-refractivity contribution in [2.45, 2.75) is 39.1 Å². The summed E-state index contributed by atoms with van der Waals surface area (Å²) in [5.41, 5.74) is 1.83. The maximum absolute atomic E-state index is 13.1. The number of amides is 2. The minimum Gasteiger partial charge on any atom is -0.497 e. The number of benzene rings is 2. The predicted octanol–water partition coefficient (Wildman–Crippen LogP) is 4.26. The first-order valence-electron chi connectivity index (χ1n) is 10.3. The second kappa shape index (κ2) is 12.3. The lowest BCUT2D eigenvalue weighted by atomic mass is 10.1. The molecule has 0 heterocycles. The van der Waals surface area contributed by atoms with E-state index in [-0.39, 0.29) is 23.4 Å². The first-order valence-corrected chi connectivity index (χ1v) is 11.5. The summed E-state index contributed by atoms with van der Waals surface area (Å²) in [7, 11) is 1.59. The summed E-state index contributed by atoms with van der Waals surface area (Å²) in [6, 6.07) is 13.1. The summed E-state index contributed by atoms with van der Waals surface area (Å²) >= 11 is 1.44. The Bertz CT molecular complexity index is 858. The zero-order valence-corrected chi connectivity index (χ0v) is 19.4. The first-order chi connectivity index (χ1) is 14.8. The van der Waals surface area contributed by atoms with Crippen LogP contribution in [0.25, 0.3) is 0 Å². The summed E-state index contributed by atoms with van der Waals surface area (Å²) in [5, 5.41) is 2.91. The Labute approximate surface area is 188 Å². The smallest absolute Gasteiger partial charge is 0.242 e. The lowest BCUT2D eigenvalue weighted by Crippen LogP contribution is -2.48. The molecular formula is C24H31FN2O3S. The molecular weight excluding hydrogens is 415 g/mol. The second-order valence-corrected chi connectivity index (χ2v) is 8.79. The van der Waals surface area contributed by atoms with E-state index in [1.165, 1.54) is 23.9 Å². The quantitative estimate of drug-likeness (QED) is 0.560. The molecule has 7 heteroatoms. The molecule has 0 aliphatic heterocycles. The molecule has 1 unspecified atom stereocenters. The molecule has 2 aromatic carbocycles. The van der Waals surface area contributed by atoms with Crippen LogP contribution in [0.5, 0.6) is 5.75 Å². The molecule has 0 fully saturated rings. The van der Waals surface area contributed by atoms with E-state index in [1.807, 2.05) is 38.1 Å². The Hall–Kier alpha value is -2.54. The standard InChI is InChI=1S/C24H31FN2O3S/c1-17(2)13-26-24(29)18(3)27(14-20-6-5-7-22(12-20)30-4)23(28)16-31-15-19-8-10-21(25)11-9-19/h5-12,17-18H,13-16H2,1-4H3,(H,26,29). The Morgan fingerprint density at radius 3 is 2.45 bits per heavy atom. The molecule has 0 saturated carbocycles. The lowest BCUT2D eigenvalue weighted by molar-refractivity contribution is -0.138. The van der Waals surface area contributed by atoms with E-state index in [2.05, 4.69) is 5.32 Å². The van der Waals surface area contributed by atoms with E-state index in [9.17, 15) is 14.0 Å². The average molecular weight is 447 g/mol. The third-order valence-corrected chi connectivity index (χ3v) is 5.73. The van der Waals surface area contributed by atoms with Gasteiger partial charge in [-0.25, -0.2) is 4.39 Å². The summed E-state index contributed by atoms with van der Waals surface area (Å²) < 4.78 is 18.3. The van der Waals surface area contributed by atoms with Crippen LogP contribution in [-0.4, -0.2) is 42.2 Å². The van der Waals surface area contributed by atoms with Crippen molar-refractivity contribution in [2.24, 2.45) is 5.92 Å². The van der Waals surface area contributed by atoms with Crippen molar-refractivity contribution in [3.8, 4) is 5.75 Å². The van der Waals surface area contributed by atoms with Crippen LogP contribution >= 0.6 is 11.8 Å². The molecule has 0 saturated heterocycles. The fourth-order valence-corrected chi connectivity index (χ4v) is 3.79. The van der Waals surface area contributed by atoms with Gasteiger partial charge < -0.3 is 15.0 Å². The van der Waals surface area contributed by atoms with Crippen LogP contribution in [0.4, 0.5) is 4.39 Å². The highest BCUT2D eigenvalue weighted by Gasteiger charge is 2.26. The maximum atomic E-state index is 13.1. The van der Waals surface area contributed by atoms with Crippen molar-refractivity contribution in [3.05, 3.63) is 65.5 Å². The fourth-order valence-electron chi connectivity index (χ4n) is 2.92. The summed E-state index contributed by atoms with van der Waals surface area (Å²) in [6.07, 6.45) is 0. The van der Waals surface area contributed by atoms with Crippen molar-refractivity contribution < 1.29 is 18.7 Å². The molecule has 2 amide bonds. The van der Waals surface area contributed by atoms with E-state index in [0.29, 0.717) is 30.5 Å². The summed E-state index contributed by atoms with van der Waals surface area (Å²) in [6.45, 7) is 6.66. The van der Waals surface area contributed by atoms with Gasteiger partial charge in [0.2, 0.25) is 11.8 Å². The largest absolute Gasteiger partial charge is 0.497 e. The maximum Gasteiger partial charge on any atom is 0.242 e. The van der Waals surface area contributed by atoms with E-state index in [1.54, 1.807) is 31.1 Å². The molecule has 1 atom stereocenters. The van der Waals surface area contributed by atoms with Crippen LogP contribution in [0.3, 0.4) is 0 Å². The molecule has 0 aliphatic carbocycles. The molecule has 5 nitrogen and oxygen atoms in total. The molecule has 0 aliphatic rings. The highest BCUT2D eigenvalue weighted by Crippen LogP contribution is 2.19. The number of nitrogens with one attached hydrogen (secondary N) is 1. The molecule has 31 heavy (non-hydrogen) atoms. The van der Waals surface area contributed by atoms with Gasteiger partial charge in [0.05, 0.1) is 12.9 Å². The third-order valence-electron chi connectivity index (χ3n) is 4.75. The number of halogens is 1. The highest BCUT2D eigenvalue weighted by molar-refractivity contribution is 7.99. The number of thioether (sulfide) groups is 1. The van der Waals surface area contributed by atoms with Gasteiger partial charge in [-0.2, -0.15) is 0 Å². The van der Waals surface area contributed by atoms with Crippen LogP contribution in [0.15, 0.2) is 48.5 Å². The second-order valence-electron chi connectivity index (χ2n) is 7.81. The van der Waals surface area contributed by atoms with Gasteiger partial charge in [-0.05, 0) is 48.2 Å². The normalized spacial score (nSPS) is 11.8. The first kappa shape index (κ1) is 24.7. The van der Waals surface area contributed by atoms with Gasteiger partial charge in [0.25, 0.3) is 0 Å². The zero-order valence-electron chi connectivity index (χ0n) is 18.6. The van der Waals surface area contributed by atoms with E-state index >= 15 is 0 Å². The van der Waals surface area contributed by atoms with Gasteiger partial charge in [0.1, 0.15) is 17.6 Å². The van der Waals surface area contributed by atoms with Crippen LogP contribution in [-0.2, 0) is 21.9 Å². The van der Waals surface area contributed by atoms with Gasteiger partial charge in [0.15, 0.2) is 0 Å². The van der Waals surface area contributed by atoms with Crippen molar-refractivity contribution in [1.82, 2.24) is 10.2 Å². The topological polar surface area (TPSA) is 58.6 Å². The van der Waals surface area contributed by atoms with Crippen LogP contribution < -0.4 is 10.1 Å². The number of methoxy groups -OCH3 is 1. The minimum absolute atomic E-state index is 0.123. The van der Waals surface area contributed by atoms with Crippen molar-refractivity contribution in [3.63, 3.8) is 0 Å². The molecule has 1 N–H and O–H groups in total. The Morgan fingerprint density at radius 2 is 1.81 bits per heavy atom. The van der Waals surface area contributed by atoms with E-state index in [4.69, 9.17) is 4.74 Å².